The lowest BCUT2D eigenvalue weighted by atomic mass is 10.1. The van der Waals surface area contributed by atoms with Gasteiger partial charge in [0.25, 0.3) is 0 Å². The maximum atomic E-state index is 12.0. The number of para-hydroxylation sites is 1. The number of carbonyl (C=O) groups is 1. The molecular weight excluding hydrogens is 326 g/mol. The zero-order valence-electron chi connectivity index (χ0n) is 14.0. The molecule has 0 aliphatic carbocycles. The number of hydrogen-bond donors (Lipinski definition) is 2. The highest BCUT2D eigenvalue weighted by Crippen LogP contribution is 2.18. The van der Waals surface area contributed by atoms with Gasteiger partial charge < -0.3 is 4.98 Å². The lowest BCUT2D eigenvalue weighted by molar-refractivity contribution is -0.121. The molecule has 1 amide bonds. The predicted molar refractivity (Wildman–Crippen MR) is 102 cm³/mol. The average Bonchev–Trinajstić information content (AvgIpc) is 3.09. The summed E-state index contributed by atoms with van der Waals surface area (Å²) in [6.45, 7) is 0. The molecule has 2 aromatic carbocycles. The van der Waals surface area contributed by atoms with Gasteiger partial charge in [-0.15, -0.1) is 0 Å². The van der Waals surface area contributed by atoms with Crippen molar-refractivity contribution in [1.29, 1.82) is 0 Å². The molecule has 128 valence electrons. The topological polar surface area (TPSA) is 83.0 Å². The first kappa shape index (κ1) is 16.0. The Morgan fingerprint density at radius 1 is 1.12 bits per heavy atom. The number of benzene rings is 2. The van der Waals surface area contributed by atoms with Gasteiger partial charge in [0.1, 0.15) is 0 Å². The predicted octanol–water partition coefficient (Wildman–Crippen LogP) is 3.19. The van der Waals surface area contributed by atoms with Crippen molar-refractivity contribution in [2.24, 2.45) is 5.10 Å². The highest BCUT2D eigenvalue weighted by molar-refractivity contribution is 5.88. The quantitative estimate of drug-likeness (QED) is 0.431. The third-order valence-corrected chi connectivity index (χ3v) is 4.19. The van der Waals surface area contributed by atoms with E-state index < -0.39 is 0 Å². The fourth-order valence-electron chi connectivity index (χ4n) is 2.88. The molecular formula is C20H17N5O. The average molecular weight is 343 g/mol. The van der Waals surface area contributed by atoms with Gasteiger partial charge in [0.15, 0.2) is 0 Å². The maximum absolute atomic E-state index is 12.0. The van der Waals surface area contributed by atoms with Crippen LogP contribution >= 0.6 is 0 Å². The normalized spacial score (nSPS) is 11.4. The lowest BCUT2D eigenvalue weighted by Gasteiger charge is -2.00. The summed E-state index contributed by atoms with van der Waals surface area (Å²) in [7, 11) is 0. The van der Waals surface area contributed by atoms with E-state index >= 15 is 0 Å². The monoisotopic (exact) mass is 343 g/mol. The Balaban J connectivity index is 1.35. The van der Waals surface area contributed by atoms with Gasteiger partial charge in [-0.2, -0.15) is 5.10 Å². The Morgan fingerprint density at radius 2 is 1.96 bits per heavy atom. The van der Waals surface area contributed by atoms with Crippen LogP contribution in [-0.4, -0.2) is 27.1 Å². The Hall–Kier alpha value is -3.54. The third kappa shape index (κ3) is 3.44. The molecule has 0 unspecified atom stereocenters. The van der Waals surface area contributed by atoms with Crippen LogP contribution in [0.1, 0.15) is 17.5 Å². The van der Waals surface area contributed by atoms with Gasteiger partial charge in [0.2, 0.25) is 5.91 Å². The Labute approximate surface area is 150 Å². The van der Waals surface area contributed by atoms with E-state index in [-0.39, 0.29) is 5.91 Å². The van der Waals surface area contributed by atoms with Gasteiger partial charge in [-0.3, -0.25) is 14.8 Å². The molecule has 0 radical (unpaired) electrons. The number of nitrogens with zero attached hydrogens (tertiary/aromatic N) is 3. The van der Waals surface area contributed by atoms with Crippen LogP contribution < -0.4 is 5.43 Å². The fraction of sp³-hybridized carbons (Fsp3) is 0.100. The molecule has 4 rings (SSSR count). The molecule has 2 N–H and O–H groups in total. The molecule has 6 nitrogen and oxygen atoms in total. The number of carbonyl (C=O) groups excluding carboxylic acids is 1. The second-order valence-electron chi connectivity index (χ2n) is 5.96. The Kier molecular flexibility index (Phi) is 4.38. The summed E-state index contributed by atoms with van der Waals surface area (Å²) in [5.74, 6) is -0.118. The van der Waals surface area contributed by atoms with Gasteiger partial charge in [0.05, 0.1) is 17.2 Å². The zero-order valence-corrected chi connectivity index (χ0v) is 14.0. The van der Waals surface area contributed by atoms with Crippen LogP contribution in [0.5, 0.6) is 0 Å². The Morgan fingerprint density at radius 3 is 2.88 bits per heavy atom. The van der Waals surface area contributed by atoms with Crippen molar-refractivity contribution in [3.05, 3.63) is 72.2 Å². The highest BCUT2D eigenvalue weighted by Gasteiger charge is 2.06. The van der Waals surface area contributed by atoms with Crippen molar-refractivity contribution in [3.63, 3.8) is 0 Å². The van der Waals surface area contributed by atoms with Crippen LogP contribution in [0.25, 0.3) is 21.9 Å². The van der Waals surface area contributed by atoms with Crippen LogP contribution in [-0.2, 0) is 11.2 Å². The van der Waals surface area contributed by atoms with E-state index in [1.165, 1.54) is 0 Å². The number of fused-ring (bicyclic) bond motifs is 2. The molecule has 0 saturated heterocycles. The number of hydrogen-bond acceptors (Lipinski definition) is 4. The number of aromatic amines is 1. The largest absolute Gasteiger partial charge is 0.361 e. The van der Waals surface area contributed by atoms with Crippen LogP contribution in [0.4, 0.5) is 0 Å². The van der Waals surface area contributed by atoms with Gasteiger partial charge in [-0.25, -0.2) is 5.43 Å². The lowest BCUT2D eigenvalue weighted by Crippen LogP contribution is -2.17. The number of amides is 1. The minimum Gasteiger partial charge on any atom is -0.361 e. The molecule has 0 bridgehead atoms. The van der Waals surface area contributed by atoms with Crippen molar-refractivity contribution in [3.8, 4) is 0 Å². The van der Waals surface area contributed by atoms with Crippen LogP contribution in [0, 0.1) is 0 Å². The first-order valence-electron chi connectivity index (χ1n) is 8.37. The van der Waals surface area contributed by atoms with E-state index in [0.29, 0.717) is 12.8 Å². The van der Waals surface area contributed by atoms with E-state index in [1.54, 1.807) is 18.6 Å². The summed E-state index contributed by atoms with van der Waals surface area (Å²) in [4.78, 5) is 23.7. The number of H-pyrrole nitrogens is 1. The number of aryl methyl sites for hydroxylation is 1. The maximum Gasteiger partial charge on any atom is 0.240 e. The molecule has 0 aliphatic rings. The van der Waals surface area contributed by atoms with E-state index in [0.717, 1.165) is 33.1 Å². The van der Waals surface area contributed by atoms with E-state index in [4.69, 9.17) is 0 Å². The molecule has 0 spiro atoms. The van der Waals surface area contributed by atoms with Crippen molar-refractivity contribution in [2.45, 2.75) is 12.8 Å². The summed E-state index contributed by atoms with van der Waals surface area (Å²) < 4.78 is 0. The van der Waals surface area contributed by atoms with Crippen LogP contribution in [0.15, 0.2) is 66.2 Å². The van der Waals surface area contributed by atoms with Crippen LogP contribution in [0.2, 0.25) is 0 Å². The number of hydrazone groups is 1. The van der Waals surface area contributed by atoms with E-state index in [2.05, 4.69) is 31.5 Å². The number of nitrogens with one attached hydrogen (secondary N) is 2. The van der Waals surface area contributed by atoms with Crippen LogP contribution in [0.3, 0.4) is 0 Å². The van der Waals surface area contributed by atoms with Crippen molar-refractivity contribution in [1.82, 2.24) is 20.4 Å². The molecule has 0 aliphatic heterocycles. The first-order valence-corrected chi connectivity index (χ1v) is 8.37. The molecule has 0 saturated carbocycles. The molecule has 0 atom stereocenters. The minimum atomic E-state index is -0.118. The standard InChI is InChI=1S/C20H17N5O/c26-20(8-6-15-13-23-17-4-2-1-3-16(15)17)25-24-12-14-5-7-18-19(11-14)22-10-9-21-18/h1-5,7,9-13,23H,6,8H2,(H,25,26)/b24-12+. The third-order valence-electron chi connectivity index (χ3n) is 4.19. The fourth-order valence-corrected chi connectivity index (χ4v) is 2.88. The zero-order chi connectivity index (χ0) is 17.8. The molecule has 2 aromatic heterocycles. The second-order valence-corrected chi connectivity index (χ2v) is 5.96. The number of aromatic nitrogens is 3. The van der Waals surface area contributed by atoms with Gasteiger partial charge in [-0.05, 0) is 35.7 Å². The molecule has 0 fully saturated rings. The van der Waals surface area contributed by atoms with E-state index in [1.807, 2.05) is 42.6 Å². The summed E-state index contributed by atoms with van der Waals surface area (Å²) >= 11 is 0. The Bertz CT molecular complexity index is 1100. The SMILES string of the molecule is O=C(CCc1c[nH]c2ccccc12)N/N=C/c1ccc2nccnc2c1. The van der Waals surface area contributed by atoms with Gasteiger partial charge >= 0.3 is 0 Å². The summed E-state index contributed by atoms with van der Waals surface area (Å²) in [6.07, 6.45) is 7.91. The first-order chi connectivity index (χ1) is 12.8. The smallest absolute Gasteiger partial charge is 0.240 e. The minimum absolute atomic E-state index is 0.118. The van der Waals surface area contributed by atoms with Gasteiger partial charge in [0, 0.05) is 35.9 Å². The van der Waals surface area contributed by atoms with Crippen molar-refractivity contribution >= 4 is 34.1 Å². The molecule has 2 heterocycles. The van der Waals surface area contributed by atoms with E-state index in [9.17, 15) is 4.79 Å². The second kappa shape index (κ2) is 7.14. The molecule has 6 heteroatoms. The highest BCUT2D eigenvalue weighted by atomic mass is 16.2. The molecule has 4 aromatic rings. The summed E-state index contributed by atoms with van der Waals surface area (Å²) in [5.41, 5.74) is 7.27. The van der Waals surface area contributed by atoms with Gasteiger partial charge in [-0.1, -0.05) is 24.3 Å². The summed E-state index contributed by atoms with van der Waals surface area (Å²) in [5, 5.41) is 5.18. The van der Waals surface area contributed by atoms with Crippen molar-refractivity contribution < 1.29 is 4.79 Å². The summed E-state index contributed by atoms with van der Waals surface area (Å²) in [6, 6.07) is 13.7. The molecule has 26 heavy (non-hydrogen) atoms. The number of rotatable bonds is 5. The van der Waals surface area contributed by atoms with Crippen molar-refractivity contribution in [2.75, 3.05) is 0 Å².